The van der Waals surface area contributed by atoms with E-state index in [2.05, 4.69) is 5.32 Å². The number of rotatable bonds is 2. The van der Waals surface area contributed by atoms with E-state index in [4.69, 9.17) is 0 Å². The summed E-state index contributed by atoms with van der Waals surface area (Å²) < 4.78 is 0. The number of likely N-dealkylation sites (N-methyl/N-ethyl adjacent to an activating group) is 1. The van der Waals surface area contributed by atoms with Gasteiger partial charge in [0, 0.05) is 26.4 Å². The van der Waals surface area contributed by atoms with Crippen molar-refractivity contribution in [3.63, 3.8) is 0 Å². The van der Waals surface area contributed by atoms with E-state index in [1.54, 1.807) is 7.05 Å². The van der Waals surface area contributed by atoms with Gasteiger partial charge < -0.3 is 15.3 Å². The van der Waals surface area contributed by atoms with Gasteiger partial charge in [-0.15, -0.1) is 0 Å². The van der Waals surface area contributed by atoms with Gasteiger partial charge in [0.05, 0.1) is 6.10 Å². The van der Waals surface area contributed by atoms with Crippen LogP contribution in [0.1, 0.15) is 33.6 Å². The van der Waals surface area contributed by atoms with E-state index in [1.807, 2.05) is 20.8 Å². The van der Waals surface area contributed by atoms with Crippen molar-refractivity contribution < 1.29 is 14.7 Å². The second-order valence-corrected chi connectivity index (χ2v) is 5.80. The van der Waals surface area contributed by atoms with E-state index in [0.29, 0.717) is 12.8 Å². The average Bonchev–Trinajstić information content (AvgIpc) is 2.56. The predicted molar refractivity (Wildman–Crippen MR) is 64.3 cm³/mol. The molecule has 1 aliphatic heterocycles. The molecule has 0 radical (unpaired) electrons. The van der Waals surface area contributed by atoms with Crippen LogP contribution in [-0.4, -0.2) is 47.6 Å². The van der Waals surface area contributed by atoms with Crippen molar-refractivity contribution in [3.05, 3.63) is 0 Å². The SMILES string of the molecule is CNC(=O)C1CC(O)CN1C(=O)CC(C)(C)C. The lowest BCUT2D eigenvalue weighted by Crippen LogP contribution is -2.45. The third-order valence-electron chi connectivity index (χ3n) is 2.83. The molecule has 2 unspecified atom stereocenters. The van der Waals surface area contributed by atoms with Gasteiger partial charge in [0.25, 0.3) is 0 Å². The van der Waals surface area contributed by atoms with Gasteiger partial charge in [0.1, 0.15) is 6.04 Å². The van der Waals surface area contributed by atoms with Gasteiger partial charge in [0.2, 0.25) is 11.8 Å². The van der Waals surface area contributed by atoms with Crippen LogP contribution in [0.15, 0.2) is 0 Å². The molecule has 2 amide bonds. The maximum absolute atomic E-state index is 12.1. The van der Waals surface area contributed by atoms with Crippen molar-refractivity contribution in [2.45, 2.75) is 45.8 Å². The van der Waals surface area contributed by atoms with Crippen molar-refractivity contribution in [3.8, 4) is 0 Å². The Kier molecular flexibility index (Phi) is 4.14. The highest BCUT2D eigenvalue weighted by molar-refractivity contribution is 5.88. The van der Waals surface area contributed by atoms with E-state index in [1.165, 1.54) is 4.90 Å². The van der Waals surface area contributed by atoms with Crippen molar-refractivity contribution in [1.82, 2.24) is 10.2 Å². The van der Waals surface area contributed by atoms with Crippen molar-refractivity contribution >= 4 is 11.8 Å². The molecule has 0 bridgehead atoms. The number of nitrogens with zero attached hydrogens (tertiary/aromatic N) is 1. The van der Waals surface area contributed by atoms with Gasteiger partial charge in [-0.25, -0.2) is 0 Å². The number of amides is 2. The molecule has 5 nitrogen and oxygen atoms in total. The molecule has 5 heteroatoms. The summed E-state index contributed by atoms with van der Waals surface area (Å²) >= 11 is 0. The Morgan fingerprint density at radius 1 is 1.41 bits per heavy atom. The maximum Gasteiger partial charge on any atom is 0.242 e. The van der Waals surface area contributed by atoms with Crippen LogP contribution in [0.4, 0.5) is 0 Å². The molecule has 1 fully saturated rings. The molecular formula is C12H22N2O3. The molecule has 1 heterocycles. The summed E-state index contributed by atoms with van der Waals surface area (Å²) in [5.41, 5.74) is -0.113. The number of likely N-dealkylation sites (tertiary alicyclic amines) is 1. The van der Waals surface area contributed by atoms with E-state index in [-0.39, 0.29) is 23.8 Å². The number of carbonyl (C=O) groups is 2. The molecule has 0 aromatic heterocycles. The molecule has 1 aliphatic rings. The summed E-state index contributed by atoms with van der Waals surface area (Å²) in [5.74, 6) is -0.272. The zero-order valence-electron chi connectivity index (χ0n) is 11.0. The molecule has 0 saturated carbocycles. The van der Waals surface area contributed by atoms with Crippen LogP contribution in [0.3, 0.4) is 0 Å². The lowest BCUT2D eigenvalue weighted by Gasteiger charge is -2.26. The molecule has 2 atom stereocenters. The number of nitrogens with one attached hydrogen (secondary N) is 1. The molecule has 1 saturated heterocycles. The molecule has 1 rings (SSSR count). The highest BCUT2D eigenvalue weighted by atomic mass is 16.3. The van der Waals surface area contributed by atoms with Crippen molar-refractivity contribution in [2.75, 3.05) is 13.6 Å². The molecular weight excluding hydrogens is 220 g/mol. The van der Waals surface area contributed by atoms with E-state index in [9.17, 15) is 14.7 Å². The number of hydrogen-bond acceptors (Lipinski definition) is 3. The maximum atomic E-state index is 12.1. The van der Waals surface area contributed by atoms with Gasteiger partial charge >= 0.3 is 0 Å². The second kappa shape index (κ2) is 5.04. The summed E-state index contributed by atoms with van der Waals surface area (Å²) in [6.45, 7) is 6.19. The Bertz CT molecular complexity index is 309. The quantitative estimate of drug-likeness (QED) is 0.723. The highest BCUT2D eigenvalue weighted by Gasteiger charge is 2.39. The monoisotopic (exact) mass is 242 g/mol. The average molecular weight is 242 g/mol. The Morgan fingerprint density at radius 2 is 2.00 bits per heavy atom. The molecule has 0 aromatic rings. The van der Waals surface area contributed by atoms with Gasteiger partial charge in [-0.05, 0) is 5.41 Å². The van der Waals surface area contributed by atoms with E-state index in [0.717, 1.165) is 0 Å². The number of β-amino-alcohol motifs (C(OH)–C–C–N with tert-alkyl or cyclic N) is 1. The molecule has 0 aliphatic carbocycles. The van der Waals surface area contributed by atoms with Crippen molar-refractivity contribution in [2.24, 2.45) is 5.41 Å². The summed E-state index contributed by atoms with van der Waals surface area (Å²) in [5, 5.41) is 12.1. The molecule has 0 spiro atoms. The Labute approximate surface area is 102 Å². The number of aliphatic hydroxyl groups is 1. The fourth-order valence-corrected chi connectivity index (χ4v) is 2.06. The molecule has 17 heavy (non-hydrogen) atoms. The first kappa shape index (κ1) is 14.0. The smallest absolute Gasteiger partial charge is 0.242 e. The molecule has 2 N–H and O–H groups in total. The Hall–Kier alpha value is -1.10. The minimum absolute atomic E-state index is 0.0670. The Balaban J connectivity index is 2.73. The second-order valence-electron chi connectivity index (χ2n) is 5.80. The highest BCUT2D eigenvalue weighted by Crippen LogP contribution is 2.25. The first-order chi connectivity index (χ1) is 7.74. The van der Waals surface area contributed by atoms with Crippen molar-refractivity contribution in [1.29, 1.82) is 0 Å². The molecule has 98 valence electrons. The summed E-state index contributed by atoms with van der Waals surface area (Å²) in [4.78, 5) is 25.2. The van der Waals surface area contributed by atoms with Gasteiger partial charge in [0.15, 0.2) is 0 Å². The van der Waals surface area contributed by atoms with Crippen LogP contribution in [0.25, 0.3) is 0 Å². The van der Waals surface area contributed by atoms with Gasteiger partial charge in [-0.1, -0.05) is 20.8 Å². The van der Waals surface area contributed by atoms with E-state index >= 15 is 0 Å². The molecule has 0 aromatic carbocycles. The van der Waals surface area contributed by atoms with Gasteiger partial charge in [-0.3, -0.25) is 9.59 Å². The normalized spacial score (nSPS) is 24.9. The Morgan fingerprint density at radius 3 is 2.47 bits per heavy atom. The first-order valence-corrected chi connectivity index (χ1v) is 5.94. The van der Waals surface area contributed by atoms with Crippen LogP contribution in [0.5, 0.6) is 0 Å². The fourth-order valence-electron chi connectivity index (χ4n) is 2.06. The van der Waals surface area contributed by atoms with Crippen LogP contribution in [-0.2, 0) is 9.59 Å². The predicted octanol–water partition coefficient (Wildman–Crippen LogP) is 0.130. The third-order valence-corrected chi connectivity index (χ3v) is 2.83. The standard InChI is InChI=1S/C12H22N2O3/c1-12(2,3)6-10(16)14-7-8(15)5-9(14)11(17)13-4/h8-9,15H,5-7H2,1-4H3,(H,13,17). The van der Waals surface area contributed by atoms with Crippen LogP contribution in [0, 0.1) is 5.41 Å². The van der Waals surface area contributed by atoms with Gasteiger partial charge in [-0.2, -0.15) is 0 Å². The van der Waals surface area contributed by atoms with Crippen LogP contribution >= 0.6 is 0 Å². The topological polar surface area (TPSA) is 69.6 Å². The lowest BCUT2D eigenvalue weighted by molar-refractivity contribution is -0.139. The largest absolute Gasteiger partial charge is 0.391 e. The van der Waals surface area contributed by atoms with E-state index < -0.39 is 12.1 Å². The minimum atomic E-state index is -0.596. The number of aliphatic hydroxyl groups excluding tert-OH is 1. The van der Waals surface area contributed by atoms with Crippen LogP contribution < -0.4 is 5.32 Å². The van der Waals surface area contributed by atoms with Crippen LogP contribution in [0.2, 0.25) is 0 Å². The summed E-state index contributed by atoms with van der Waals surface area (Å²) in [7, 11) is 1.54. The zero-order chi connectivity index (χ0) is 13.2. The lowest BCUT2D eigenvalue weighted by atomic mass is 9.91. The number of hydrogen-bond donors (Lipinski definition) is 2. The fraction of sp³-hybridized carbons (Fsp3) is 0.833. The third kappa shape index (κ3) is 3.70. The first-order valence-electron chi connectivity index (χ1n) is 5.94. The zero-order valence-corrected chi connectivity index (χ0v) is 11.0. The summed E-state index contributed by atoms with van der Waals surface area (Å²) in [6, 6.07) is -0.523. The number of carbonyl (C=O) groups excluding carboxylic acids is 2. The summed E-state index contributed by atoms with van der Waals surface area (Å²) in [6.07, 6.45) is 0.115. The minimum Gasteiger partial charge on any atom is -0.391 e.